The van der Waals surface area contributed by atoms with Gasteiger partial charge in [-0.2, -0.15) is 0 Å². The first-order valence-electron chi connectivity index (χ1n) is 52.2. The van der Waals surface area contributed by atoms with Crippen LogP contribution in [0.4, 0.5) is 0 Å². The molecule has 0 radical (unpaired) electrons. The Kier molecular flexibility index (Phi) is 29.7. The number of benzene rings is 19. The summed E-state index contributed by atoms with van der Waals surface area (Å²) < 4.78 is 0. The monoisotopic (exact) mass is 2120 g/mol. The highest BCUT2D eigenvalue weighted by Gasteiger charge is 2.33. The van der Waals surface area contributed by atoms with E-state index in [1.165, 1.54) is 240 Å². The Balaban J connectivity index is 0.905. The van der Waals surface area contributed by atoms with E-state index in [0.29, 0.717) is 0 Å². The van der Waals surface area contributed by atoms with Gasteiger partial charge < -0.3 is 0 Å². The fraction of sp³-hybridized carbons (Fsp3) is 0.290. The molecule has 19 aromatic rings. The minimum Gasteiger partial charge on any atom is -0.0888 e. The van der Waals surface area contributed by atoms with Gasteiger partial charge in [-0.25, -0.2) is 0 Å². The lowest BCUT2D eigenvalue weighted by Gasteiger charge is -2.24. The van der Waals surface area contributed by atoms with Gasteiger partial charge in [0.05, 0.1) is 0 Å². The normalized spacial score (nSPS) is 13.1. The summed E-state index contributed by atoms with van der Waals surface area (Å²) in [5, 5.41) is 19.5. The van der Waals surface area contributed by atoms with Crippen LogP contribution in [0, 0.1) is 0 Å². The summed E-state index contributed by atoms with van der Waals surface area (Å²) in [6.45, 7) is 69.7. The van der Waals surface area contributed by atoms with Gasteiger partial charge in [0.2, 0.25) is 0 Å². The van der Waals surface area contributed by atoms with Crippen molar-refractivity contribution in [2.24, 2.45) is 0 Å². The molecule has 0 heterocycles. The summed E-state index contributed by atoms with van der Waals surface area (Å²) in [4.78, 5) is 24.6. The van der Waals surface area contributed by atoms with Crippen molar-refractivity contribution in [1.29, 1.82) is 0 Å². The van der Waals surface area contributed by atoms with E-state index in [1.54, 1.807) is 0 Å². The molecule has 0 unspecified atom stereocenters. The van der Waals surface area contributed by atoms with Crippen molar-refractivity contribution in [3.8, 4) is 0 Å². The molecule has 148 heavy (non-hydrogen) atoms. The Hall–Kier alpha value is -9.24. The summed E-state index contributed by atoms with van der Waals surface area (Å²) >= 11 is 19.2. The molecule has 0 spiro atoms. The number of fused-ring (bicyclic) bond motifs is 8. The molecule has 0 aliphatic heterocycles. The Morgan fingerprint density at radius 3 is 0.291 bits per heavy atom. The van der Waals surface area contributed by atoms with Crippen LogP contribution in [0.2, 0.25) is 0 Å². The second-order valence-electron chi connectivity index (χ2n) is 50.7. The summed E-state index contributed by atoms with van der Waals surface area (Å²) in [5.74, 6) is 0. The molecule has 10 heteroatoms. The fourth-order valence-corrected chi connectivity index (χ4v) is 30.7. The average Bonchev–Trinajstić information content (AvgIpc) is 0.710. The van der Waals surface area contributed by atoms with Crippen LogP contribution in [0.15, 0.2) is 413 Å². The van der Waals surface area contributed by atoms with Crippen LogP contribution in [0.1, 0.15) is 263 Å². The van der Waals surface area contributed by atoms with E-state index in [1.807, 2.05) is 118 Å². The Morgan fingerprint density at radius 2 is 0.189 bits per heavy atom. The molecule has 0 saturated carbocycles. The lowest BCUT2D eigenvalue weighted by Crippen LogP contribution is -2.10. The van der Waals surface area contributed by atoms with Gasteiger partial charge in [0.25, 0.3) is 0 Å². The molecular weight excluding hydrogens is 1980 g/mol. The summed E-state index contributed by atoms with van der Waals surface area (Å²) in [6, 6.07) is 126. The van der Waals surface area contributed by atoms with Crippen LogP contribution < -0.4 is 0 Å². The van der Waals surface area contributed by atoms with Gasteiger partial charge in [-0.3, -0.25) is 0 Å². The molecule has 19 aromatic carbocycles. The minimum atomic E-state index is -0.0314. The third-order valence-electron chi connectivity index (χ3n) is 28.7. The van der Waals surface area contributed by atoms with Gasteiger partial charge >= 0.3 is 0 Å². The minimum absolute atomic E-state index is 0.0110. The van der Waals surface area contributed by atoms with E-state index >= 15 is 0 Å². The second-order valence-corrected chi connectivity index (χ2v) is 61.6. The number of rotatable bonds is 20. The molecular formula is C138H142S10. The molecule has 0 aromatic heterocycles. The third kappa shape index (κ3) is 23.6. The zero-order chi connectivity index (χ0) is 105. The first-order chi connectivity index (χ1) is 69.5. The zero-order valence-corrected chi connectivity index (χ0v) is 100. The first-order valence-corrected chi connectivity index (χ1v) is 60.4. The molecule has 19 rings (SSSR count). The van der Waals surface area contributed by atoms with Crippen molar-refractivity contribution in [2.45, 2.75) is 360 Å². The molecule has 0 aliphatic carbocycles. The first kappa shape index (κ1) is 107. The van der Waals surface area contributed by atoms with Crippen LogP contribution in [-0.4, -0.2) is 0 Å². The molecule has 0 fully saturated rings. The Bertz CT molecular complexity index is 7330. The van der Waals surface area contributed by atoms with E-state index in [0.717, 1.165) is 0 Å². The van der Waals surface area contributed by atoms with Crippen LogP contribution in [0.3, 0.4) is 0 Å². The molecule has 0 bridgehead atoms. The standard InChI is InChI=1S/C138H142S10/c1-129(2,3)91-31-51-101(52-32-91)139-119-111-75-83-71-87-79-115-117(123(143-105-59-39-95(40-60-105)133(13,14)15)127(147-109-67-47-99(48-68-109)137(25,26)27)125(145-107-63-43-97(44-64-107)135(19,20)21)121(115)141-103-55-35-93(36-56-103)131(7,8)9)81-89(87)73-85(83)77-113(111)120(140-102-53-33-92(34-54-102)130(4,5)6)114-78-86-74-90-82-118-116(80-88(90)72-84(86)76-112(114)119)122(142-104-57-37-94(38-58-104)132(10,11)12)126(146-108-65-45-98(46-66-108)136(22,23)24)128(148-110-69-49-100(50-70-110)138(28,29)30)124(118)144-106-61-41-96(42-62-106)134(16,17)18/h31-82H,1-30H3. The number of hydrogen-bond acceptors (Lipinski definition) is 10. The maximum atomic E-state index is 2.58. The average molecular weight is 2120 g/mol. The lowest BCUT2D eigenvalue weighted by molar-refractivity contribution is 0.589. The quantitative estimate of drug-likeness (QED) is 0.0674. The highest BCUT2D eigenvalue weighted by Crippen LogP contribution is 2.60. The summed E-state index contributed by atoms with van der Waals surface area (Å²) in [6.07, 6.45) is 0. The largest absolute Gasteiger partial charge is 0.0888 e. The van der Waals surface area contributed by atoms with E-state index in [9.17, 15) is 0 Å². The van der Waals surface area contributed by atoms with E-state index < -0.39 is 0 Å². The molecule has 0 nitrogen and oxygen atoms in total. The topological polar surface area (TPSA) is 0 Å². The van der Waals surface area contributed by atoms with Crippen molar-refractivity contribution in [3.63, 3.8) is 0 Å². The summed E-state index contributed by atoms with van der Waals surface area (Å²) in [5.41, 5.74) is 13.0. The summed E-state index contributed by atoms with van der Waals surface area (Å²) in [7, 11) is 0. The van der Waals surface area contributed by atoms with E-state index in [2.05, 4.69) is 523 Å². The highest BCUT2D eigenvalue weighted by molar-refractivity contribution is 8.06. The van der Waals surface area contributed by atoms with Crippen molar-refractivity contribution >= 4 is 204 Å². The molecule has 0 amide bonds. The van der Waals surface area contributed by atoms with Crippen molar-refractivity contribution in [3.05, 3.63) is 371 Å². The fourth-order valence-electron chi connectivity index (χ4n) is 19.3. The SMILES string of the molecule is CC(C)(C)c1ccc(Sc2c(Sc3ccc(C(C)(C)C)cc3)c(Sc3ccc(C(C)(C)C)cc3)c3cc4cc5cc6c(Sc7ccc(C(C)(C)C)cc7)c7cc8cc9cc%10c(Sc%11ccc(C(C)(C)C)cc%11)c(Sc%11ccc(C(C)(C)C)cc%11)c(Sc%11ccc(C(C)(C)C)cc%11)c(Sc%11ccc(C(C)(C)C)cc%11)c%10cc9cc8cc7c(Sc7ccc(C(C)(C)C)cc7)c6cc5cc4cc3c2Sc2ccc(C(C)(C)C)cc2)cc1. The van der Waals surface area contributed by atoms with Crippen LogP contribution in [0.5, 0.6) is 0 Å². The maximum absolute atomic E-state index is 2.58. The second kappa shape index (κ2) is 41.0. The van der Waals surface area contributed by atoms with Gasteiger partial charge in [-0.05, 0) is 390 Å². The van der Waals surface area contributed by atoms with Gasteiger partial charge in [0.1, 0.15) is 0 Å². The Labute approximate surface area is 925 Å². The van der Waals surface area contributed by atoms with Crippen molar-refractivity contribution in [1.82, 2.24) is 0 Å². The maximum Gasteiger partial charge on any atom is 0.0419 e. The predicted octanol–water partition coefficient (Wildman–Crippen LogP) is 45.4. The van der Waals surface area contributed by atoms with Gasteiger partial charge in [0, 0.05) is 97.9 Å². The van der Waals surface area contributed by atoms with Gasteiger partial charge in [-0.1, -0.05) is 447 Å². The zero-order valence-electron chi connectivity index (χ0n) is 92.1. The third-order valence-corrected chi connectivity index (χ3v) is 40.8. The smallest absolute Gasteiger partial charge is 0.0419 e. The molecule has 0 aliphatic rings. The molecule has 754 valence electrons. The number of hydrogen-bond donors (Lipinski definition) is 0. The van der Waals surface area contributed by atoms with Crippen molar-refractivity contribution < 1.29 is 0 Å². The predicted molar refractivity (Wildman–Crippen MR) is 659 cm³/mol. The Morgan fingerprint density at radius 1 is 0.101 bits per heavy atom. The molecule has 0 atom stereocenters. The van der Waals surface area contributed by atoms with E-state index in [4.69, 9.17) is 0 Å². The lowest BCUT2D eigenvalue weighted by atomic mass is 9.87. The van der Waals surface area contributed by atoms with Crippen molar-refractivity contribution in [2.75, 3.05) is 0 Å². The van der Waals surface area contributed by atoms with Crippen LogP contribution in [-0.2, 0) is 54.1 Å². The van der Waals surface area contributed by atoms with Gasteiger partial charge in [-0.15, -0.1) is 0 Å². The molecule has 0 N–H and O–H groups in total. The highest BCUT2D eigenvalue weighted by atomic mass is 32.2. The van der Waals surface area contributed by atoms with Crippen LogP contribution >= 0.6 is 118 Å². The van der Waals surface area contributed by atoms with Crippen LogP contribution in [0.25, 0.3) is 86.2 Å². The van der Waals surface area contributed by atoms with Gasteiger partial charge in [0.15, 0.2) is 0 Å². The van der Waals surface area contributed by atoms with E-state index in [-0.39, 0.29) is 54.1 Å². The molecule has 0 saturated heterocycles.